The summed E-state index contributed by atoms with van der Waals surface area (Å²) in [4.78, 5) is 42.2. The van der Waals surface area contributed by atoms with E-state index in [4.69, 9.17) is 0 Å². The Kier molecular flexibility index (Phi) is 7.14. The van der Waals surface area contributed by atoms with E-state index in [1.54, 1.807) is 49.8 Å². The molecule has 0 bridgehead atoms. The molecule has 2 aromatic carbocycles. The number of urea groups is 1. The minimum absolute atomic E-state index is 0.140. The predicted molar refractivity (Wildman–Crippen MR) is 150 cm³/mol. The lowest BCUT2D eigenvalue weighted by Crippen LogP contribution is -2.46. The number of nitrogens with one attached hydrogen (secondary N) is 2. The number of amides is 3. The smallest absolute Gasteiger partial charge is 0.323 e. The molecule has 0 saturated carbocycles. The van der Waals surface area contributed by atoms with E-state index < -0.39 is 17.6 Å². The number of fused-ring (bicyclic) bond motifs is 1. The van der Waals surface area contributed by atoms with Crippen molar-refractivity contribution < 1.29 is 22.8 Å². The van der Waals surface area contributed by atoms with E-state index in [0.717, 1.165) is 23.4 Å². The number of aromatic nitrogens is 3. The Labute approximate surface area is 233 Å². The van der Waals surface area contributed by atoms with Crippen LogP contribution in [0.2, 0.25) is 0 Å². The fourth-order valence-electron chi connectivity index (χ4n) is 4.30. The molecule has 1 aliphatic rings. The van der Waals surface area contributed by atoms with Gasteiger partial charge in [-0.25, -0.2) is 9.78 Å². The van der Waals surface area contributed by atoms with Gasteiger partial charge < -0.3 is 10.6 Å². The van der Waals surface area contributed by atoms with Gasteiger partial charge in [0, 0.05) is 30.1 Å². The summed E-state index contributed by atoms with van der Waals surface area (Å²) in [5.41, 5.74) is 2.61. The predicted octanol–water partition coefficient (Wildman–Crippen LogP) is 6.41. The number of halogens is 3. The molecule has 0 atom stereocenters. The highest BCUT2D eigenvalue weighted by Crippen LogP contribution is 2.34. The third-order valence-corrected chi connectivity index (χ3v) is 6.47. The van der Waals surface area contributed by atoms with E-state index in [2.05, 4.69) is 32.2 Å². The molecule has 2 aromatic heterocycles. The van der Waals surface area contributed by atoms with Gasteiger partial charge in [-0.05, 0) is 61.0 Å². The average Bonchev–Trinajstić information content (AvgIpc) is 2.96. The normalized spacial score (nSPS) is 13.0. The average molecular weight is 560 g/mol. The van der Waals surface area contributed by atoms with Crippen LogP contribution in [0.4, 0.5) is 46.8 Å². The van der Waals surface area contributed by atoms with Crippen LogP contribution in [0.5, 0.6) is 0 Å². The number of rotatable bonds is 6. The highest BCUT2D eigenvalue weighted by molar-refractivity contribution is 6.07. The first-order chi connectivity index (χ1) is 19.5. The zero-order chi connectivity index (χ0) is 29.3. The Balaban J connectivity index is 1.37. The molecule has 0 aliphatic carbocycles. The molecular formula is C29H24F3N7O2. The highest BCUT2D eigenvalue weighted by atomic mass is 19.4. The Morgan fingerprint density at radius 3 is 2.54 bits per heavy atom. The maximum atomic E-state index is 13.4. The van der Waals surface area contributed by atoms with E-state index in [-0.39, 0.29) is 18.1 Å². The molecule has 3 amide bonds. The Morgan fingerprint density at radius 2 is 1.83 bits per heavy atom. The van der Waals surface area contributed by atoms with Gasteiger partial charge in [0.2, 0.25) is 5.95 Å². The third-order valence-electron chi connectivity index (χ3n) is 6.47. The van der Waals surface area contributed by atoms with E-state index in [1.807, 2.05) is 13.0 Å². The Bertz CT molecular complexity index is 1660. The van der Waals surface area contributed by atoms with E-state index in [0.29, 0.717) is 34.4 Å². The maximum Gasteiger partial charge on any atom is 0.416 e. The molecule has 3 heterocycles. The van der Waals surface area contributed by atoms with Gasteiger partial charge in [-0.1, -0.05) is 18.7 Å². The number of hydrogen-bond acceptors (Lipinski definition) is 6. The summed E-state index contributed by atoms with van der Waals surface area (Å²) >= 11 is 0. The number of carbonyl (C=O) groups excluding carboxylic acids is 2. The van der Waals surface area contributed by atoms with E-state index in [1.165, 1.54) is 21.9 Å². The second-order valence-electron chi connectivity index (χ2n) is 9.31. The standard InChI is InChI=1S/C29H24F3N7O2/c1-4-21-10-11-23(15-33-21)36-27-34-14-19-16-39(28(41)38(3)25(19)37-27)24-13-22(9-8-17(24)2)35-26(40)18-6-5-7-20(12-18)29(30,31)32/h4-15H,1,16H2,2-3H3,(H,35,40)(H,34,36,37). The molecule has 0 radical (unpaired) electrons. The fourth-order valence-corrected chi connectivity index (χ4v) is 4.30. The second kappa shape index (κ2) is 10.7. The first-order valence-electron chi connectivity index (χ1n) is 12.4. The van der Waals surface area contributed by atoms with Crippen LogP contribution in [0.3, 0.4) is 0 Å². The number of carbonyl (C=O) groups is 2. The van der Waals surface area contributed by atoms with Gasteiger partial charge >= 0.3 is 12.2 Å². The zero-order valence-electron chi connectivity index (χ0n) is 22.0. The van der Waals surface area contributed by atoms with Crippen LogP contribution in [0.15, 0.2) is 73.6 Å². The summed E-state index contributed by atoms with van der Waals surface area (Å²) in [6, 6.07) is 12.4. The number of pyridine rings is 1. The van der Waals surface area contributed by atoms with Crippen molar-refractivity contribution in [3.8, 4) is 0 Å². The van der Waals surface area contributed by atoms with Crippen LogP contribution < -0.4 is 20.4 Å². The number of aryl methyl sites for hydroxylation is 1. The van der Waals surface area contributed by atoms with Crippen molar-refractivity contribution in [1.82, 2.24) is 15.0 Å². The van der Waals surface area contributed by atoms with Gasteiger partial charge in [-0.2, -0.15) is 18.2 Å². The number of anilines is 5. The van der Waals surface area contributed by atoms with Crippen molar-refractivity contribution in [3.05, 3.63) is 102 Å². The van der Waals surface area contributed by atoms with Crippen molar-refractivity contribution in [2.24, 2.45) is 0 Å². The number of benzene rings is 2. The Hall–Kier alpha value is -5.26. The number of hydrogen-bond donors (Lipinski definition) is 2. The van der Waals surface area contributed by atoms with E-state index >= 15 is 0 Å². The van der Waals surface area contributed by atoms with Gasteiger partial charge in [0.1, 0.15) is 5.82 Å². The summed E-state index contributed by atoms with van der Waals surface area (Å²) in [5.74, 6) is 0.0210. The van der Waals surface area contributed by atoms with Crippen LogP contribution in [-0.2, 0) is 12.7 Å². The van der Waals surface area contributed by atoms with Crippen molar-refractivity contribution in [3.63, 3.8) is 0 Å². The van der Waals surface area contributed by atoms with Gasteiger partial charge in [0.05, 0.1) is 35.4 Å². The molecular weight excluding hydrogens is 535 g/mol. The molecule has 0 spiro atoms. The minimum Gasteiger partial charge on any atom is -0.323 e. The van der Waals surface area contributed by atoms with Gasteiger partial charge in [0.15, 0.2) is 0 Å². The third kappa shape index (κ3) is 5.71. The molecule has 1 aliphatic heterocycles. The van der Waals surface area contributed by atoms with Gasteiger partial charge in [-0.15, -0.1) is 0 Å². The van der Waals surface area contributed by atoms with E-state index in [9.17, 15) is 22.8 Å². The van der Waals surface area contributed by atoms with Crippen molar-refractivity contribution in [1.29, 1.82) is 0 Å². The highest BCUT2D eigenvalue weighted by Gasteiger charge is 2.32. The Morgan fingerprint density at radius 1 is 1.05 bits per heavy atom. The lowest BCUT2D eigenvalue weighted by Gasteiger charge is -2.35. The second-order valence-corrected chi connectivity index (χ2v) is 9.31. The summed E-state index contributed by atoms with van der Waals surface area (Å²) in [6.45, 7) is 5.66. The topological polar surface area (TPSA) is 103 Å². The van der Waals surface area contributed by atoms with Gasteiger partial charge in [0.25, 0.3) is 5.91 Å². The van der Waals surface area contributed by atoms with Crippen molar-refractivity contribution in [2.45, 2.75) is 19.6 Å². The zero-order valence-corrected chi connectivity index (χ0v) is 22.0. The van der Waals surface area contributed by atoms with Crippen LogP contribution >= 0.6 is 0 Å². The summed E-state index contributed by atoms with van der Waals surface area (Å²) in [7, 11) is 1.60. The monoisotopic (exact) mass is 559 g/mol. The van der Waals surface area contributed by atoms with Crippen LogP contribution in [-0.4, -0.2) is 33.9 Å². The maximum absolute atomic E-state index is 13.4. The minimum atomic E-state index is -4.57. The molecule has 4 aromatic rings. The quantitative estimate of drug-likeness (QED) is 0.283. The van der Waals surface area contributed by atoms with Crippen molar-refractivity contribution >= 4 is 46.8 Å². The summed E-state index contributed by atoms with van der Waals surface area (Å²) < 4.78 is 39.3. The number of nitrogens with zero attached hydrogens (tertiary/aromatic N) is 5. The lowest BCUT2D eigenvalue weighted by atomic mass is 10.1. The van der Waals surface area contributed by atoms with Crippen LogP contribution in [0.1, 0.15) is 32.7 Å². The molecule has 12 heteroatoms. The summed E-state index contributed by atoms with van der Waals surface area (Å²) in [6.07, 6.45) is 0.310. The molecule has 5 rings (SSSR count). The van der Waals surface area contributed by atoms with Crippen LogP contribution in [0, 0.1) is 6.92 Å². The molecule has 0 saturated heterocycles. The molecule has 0 unspecified atom stereocenters. The summed E-state index contributed by atoms with van der Waals surface area (Å²) in [5, 5.41) is 5.70. The number of alkyl halides is 3. The molecule has 208 valence electrons. The van der Waals surface area contributed by atoms with Crippen molar-refractivity contribution in [2.75, 3.05) is 27.5 Å². The van der Waals surface area contributed by atoms with Gasteiger partial charge in [-0.3, -0.25) is 19.6 Å². The molecule has 2 N–H and O–H groups in total. The first kappa shape index (κ1) is 27.3. The molecule has 9 nitrogen and oxygen atoms in total. The largest absolute Gasteiger partial charge is 0.416 e. The van der Waals surface area contributed by atoms with Crippen LogP contribution in [0.25, 0.3) is 6.08 Å². The first-order valence-corrected chi connectivity index (χ1v) is 12.4. The fraction of sp³-hybridized carbons (Fsp3) is 0.138. The lowest BCUT2D eigenvalue weighted by molar-refractivity contribution is -0.137. The molecule has 41 heavy (non-hydrogen) atoms. The SMILES string of the molecule is C=Cc1ccc(Nc2ncc3c(n2)N(C)C(=O)N(c2cc(NC(=O)c4cccc(C(F)(F)F)c4)ccc2C)C3)cn1. The molecule has 0 fully saturated rings.